The Morgan fingerprint density at radius 3 is 1.30 bits per heavy atom. The van der Waals surface area contributed by atoms with Gasteiger partial charge in [-0.05, 0) is 59.4 Å². The van der Waals surface area contributed by atoms with Crippen LogP contribution < -0.4 is 33.6 Å². The second-order valence-corrected chi connectivity index (χ2v) is 6.69. The Morgan fingerprint density at radius 1 is 0.852 bits per heavy atom. The highest BCUT2D eigenvalue weighted by Crippen LogP contribution is 2.04. The molecule has 0 radical (unpaired) electrons. The maximum Gasteiger partial charge on any atom is 0.0315 e. The molecule has 1 heterocycles. The smallest absolute Gasteiger partial charge is 0.0315 e. The van der Waals surface area contributed by atoms with E-state index in [1.54, 1.807) is 24.3 Å². The predicted molar refractivity (Wildman–Crippen MR) is 121 cm³/mol. The Bertz CT molecular complexity index is 368. The van der Waals surface area contributed by atoms with Crippen LogP contribution in [-0.2, 0) is 0 Å². The van der Waals surface area contributed by atoms with Crippen LogP contribution in [0.1, 0.15) is 6.92 Å². The van der Waals surface area contributed by atoms with Crippen molar-refractivity contribution in [3.63, 3.8) is 0 Å². The van der Waals surface area contributed by atoms with E-state index >= 15 is 0 Å². The monoisotopic (exact) mass is 384 g/mol. The number of benzene rings is 1. The predicted octanol–water partition coefficient (Wildman–Crippen LogP) is -0.568. The molecular formula is C19H44N8. The van der Waals surface area contributed by atoms with Crippen molar-refractivity contribution in [3.05, 3.63) is 24.3 Å². The molecule has 8 nitrogen and oxygen atoms in total. The van der Waals surface area contributed by atoms with Gasteiger partial charge in [-0.2, -0.15) is 0 Å². The molecular weight excluding hydrogens is 340 g/mol. The van der Waals surface area contributed by atoms with Crippen LogP contribution in [0.4, 0.5) is 11.4 Å². The fourth-order valence-corrected chi connectivity index (χ4v) is 1.65. The molecule has 160 valence electrons. The SMILES string of the molecule is CC(N)CN.CN1CCN(C)CC1.CNCCNC.Nc1ccc(N)cc1. The standard InChI is InChI=1S/C6H14N2.C6H8N2.C4H12N2.C3H10N2/c1-7-3-5-8(2)6-4-7;7-5-1-2-6(8)4-3-5;1-5-3-4-6-2;1-3(5)2-4/h3-6H2,1-2H3;1-4H,7-8H2;5-6H,3-4H2,1-2H3;3H,2,4-5H2,1H3. The summed E-state index contributed by atoms with van der Waals surface area (Å²) in [6, 6.07) is 7.25. The van der Waals surface area contributed by atoms with Crippen molar-refractivity contribution >= 4 is 11.4 Å². The Balaban J connectivity index is 0. The number of hydrogen-bond donors (Lipinski definition) is 6. The first kappa shape index (κ1) is 27.8. The summed E-state index contributed by atoms with van der Waals surface area (Å²) in [6.45, 7) is 9.49. The summed E-state index contributed by atoms with van der Waals surface area (Å²) in [5, 5.41) is 6.01. The van der Waals surface area contributed by atoms with E-state index in [0.717, 1.165) is 24.5 Å². The van der Waals surface area contributed by atoms with E-state index in [9.17, 15) is 0 Å². The van der Waals surface area contributed by atoms with Crippen molar-refractivity contribution in [1.29, 1.82) is 0 Å². The quantitative estimate of drug-likeness (QED) is 0.300. The molecule has 1 aromatic rings. The normalized spacial score (nSPS) is 15.2. The molecule has 2 rings (SSSR count). The van der Waals surface area contributed by atoms with Crippen LogP contribution in [0, 0.1) is 0 Å². The lowest BCUT2D eigenvalue weighted by Gasteiger charge is -2.28. The molecule has 10 N–H and O–H groups in total. The molecule has 1 aromatic carbocycles. The highest BCUT2D eigenvalue weighted by molar-refractivity contribution is 5.47. The van der Waals surface area contributed by atoms with Crippen LogP contribution in [0.3, 0.4) is 0 Å². The van der Waals surface area contributed by atoms with Gasteiger partial charge in [0.15, 0.2) is 0 Å². The fraction of sp³-hybridized carbons (Fsp3) is 0.684. The van der Waals surface area contributed by atoms with Crippen LogP contribution in [0.5, 0.6) is 0 Å². The first-order valence-corrected chi connectivity index (χ1v) is 9.49. The number of likely N-dealkylation sites (N-methyl/N-ethyl adjacent to an activating group) is 4. The summed E-state index contributed by atoms with van der Waals surface area (Å²) >= 11 is 0. The van der Waals surface area contributed by atoms with E-state index < -0.39 is 0 Å². The van der Waals surface area contributed by atoms with E-state index in [-0.39, 0.29) is 6.04 Å². The van der Waals surface area contributed by atoms with Crippen LogP contribution in [-0.4, -0.2) is 89.8 Å². The fourth-order valence-electron chi connectivity index (χ4n) is 1.65. The highest BCUT2D eigenvalue weighted by Gasteiger charge is 2.07. The van der Waals surface area contributed by atoms with Crippen molar-refractivity contribution in [3.8, 4) is 0 Å². The molecule has 0 aliphatic carbocycles. The molecule has 0 bridgehead atoms. The average Bonchev–Trinajstić information content (AvgIpc) is 2.66. The maximum absolute atomic E-state index is 5.37. The molecule has 1 aliphatic heterocycles. The van der Waals surface area contributed by atoms with Gasteiger partial charge < -0.3 is 43.4 Å². The molecule has 8 heteroatoms. The first-order valence-electron chi connectivity index (χ1n) is 9.49. The first-order chi connectivity index (χ1) is 12.8. The zero-order valence-corrected chi connectivity index (χ0v) is 18.0. The Labute approximate surface area is 166 Å². The zero-order valence-electron chi connectivity index (χ0n) is 18.0. The summed E-state index contributed by atoms with van der Waals surface area (Å²) < 4.78 is 0. The summed E-state index contributed by atoms with van der Waals surface area (Å²) in [5.74, 6) is 0. The van der Waals surface area contributed by atoms with Gasteiger partial charge >= 0.3 is 0 Å². The average molecular weight is 385 g/mol. The molecule has 1 fully saturated rings. The van der Waals surface area contributed by atoms with Crippen molar-refractivity contribution in [2.24, 2.45) is 11.5 Å². The summed E-state index contributed by atoms with van der Waals surface area (Å²) in [5.41, 5.74) is 22.5. The molecule has 27 heavy (non-hydrogen) atoms. The second kappa shape index (κ2) is 19.3. The summed E-state index contributed by atoms with van der Waals surface area (Å²) in [4.78, 5) is 4.72. The van der Waals surface area contributed by atoms with Crippen LogP contribution in [0.2, 0.25) is 0 Å². The third-order valence-electron chi connectivity index (χ3n) is 3.66. The van der Waals surface area contributed by atoms with E-state index in [0.29, 0.717) is 6.54 Å². The Hall–Kier alpha value is -1.42. The molecule has 1 saturated heterocycles. The molecule has 1 atom stereocenters. The van der Waals surface area contributed by atoms with Crippen LogP contribution >= 0.6 is 0 Å². The third kappa shape index (κ3) is 22.5. The molecule has 0 spiro atoms. The number of piperazine rings is 1. The lowest BCUT2D eigenvalue weighted by molar-refractivity contribution is 0.181. The molecule has 0 aromatic heterocycles. The van der Waals surface area contributed by atoms with Gasteiger partial charge in [0.05, 0.1) is 0 Å². The van der Waals surface area contributed by atoms with Gasteiger partial charge in [0, 0.05) is 63.2 Å². The third-order valence-corrected chi connectivity index (χ3v) is 3.66. The van der Waals surface area contributed by atoms with Crippen molar-refractivity contribution in [1.82, 2.24) is 20.4 Å². The van der Waals surface area contributed by atoms with Crippen molar-refractivity contribution < 1.29 is 0 Å². The van der Waals surface area contributed by atoms with E-state index in [1.807, 2.05) is 21.0 Å². The minimum atomic E-state index is 0.162. The molecule has 1 unspecified atom stereocenters. The van der Waals surface area contributed by atoms with Crippen molar-refractivity contribution in [2.45, 2.75) is 13.0 Å². The van der Waals surface area contributed by atoms with Gasteiger partial charge in [0.1, 0.15) is 0 Å². The van der Waals surface area contributed by atoms with Gasteiger partial charge in [-0.15, -0.1) is 0 Å². The molecule has 1 aliphatic rings. The van der Waals surface area contributed by atoms with Gasteiger partial charge in [-0.25, -0.2) is 0 Å². The Kier molecular flexibility index (Phi) is 19.9. The highest BCUT2D eigenvalue weighted by atomic mass is 15.2. The number of nitrogens with two attached hydrogens (primary N) is 4. The zero-order chi connectivity index (χ0) is 21.1. The number of nitrogen functional groups attached to an aromatic ring is 2. The summed E-state index contributed by atoms with van der Waals surface area (Å²) in [7, 11) is 8.23. The number of hydrogen-bond acceptors (Lipinski definition) is 8. The summed E-state index contributed by atoms with van der Waals surface area (Å²) in [6.07, 6.45) is 0. The van der Waals surface area contributed by atoms with Gasteiger partial charge in [-0.3, -0.25) is 0 Å². The number of anilines is 2. The van der Waals surface area contributed by atoms with Gasteiger partial charge in [0.25, 0.3) is 0 Å². The van der Waals surface area contributed by atoms with Gasteiger partial charge in [-0.1, -0.05) is 0 Å². The lowest BCUT2D eigenvalue weighted by atomic mass is 10.3. The Morgan fingerprint density at radius 2 is 1.11 bits per heavy atom. The topological polar surface area (TPSA) is 135 Å². The van der Waals surface area contributed by atoms with Crippen LogP contribution in [0.15, 0.2) is 24.3 Å². The lowest BCUT2D eigenvalue weighted by Crippen LogP contribution is -2.42. The number of rotatable bonds is 4. The number of nitrogens with one attached hydrogen (secondary N) is 2. The maximum atomic E-state index is 5.37. The van der Waals surface area contributed by atoms with E-state index in [1.165, 1.54) is 26.2 Å². The van der Waals surface area contributed by atoms with Gasteiger partial charge in [0.2, 0.25) is 0 Å². The molecule has 0 amide bonds. The minimum Gasteiger partial charge on any atom is -0.399 e. The van der Waals surface area contributed by atoms with Crippen LogP contribution in [0.25, 0.3) is 0 Å². The minimum absolute atomic E-state index is 0.162. The van der Waals surface area contributed by atoms with E-state index in [4.69, 9.17) is 22.9 Å². The second-order valence-electron chi connectivity index (χ2n) is 6.69. The van der Waals surface area contributed by atoms with Crippen molar-refractivity contribution in [2.75, 3.05) is 85.5 Å². The molecule has 0 saturated carbocycles. The largest absolute Gasteiger partial charge is 0.399 e. The van der Waals surface area contributed by atoms with E-state index in [2.05, 4.69) is 34.5 Å². The number of nitrogens with zero attached hydrogens (tertiary/aromatic N) is 2.